The summed E-state index contributed by atoms with van der Waals surface area (Å²) in [6, 6.07) is 5.90. The summed E-state index contributed by atoms with van der Waals surface area (Å²) in [5, 5.41) is 9.71. The van der Waals surface area contributed by atoms with E-state index in [2.05, 4.69) is 26.6 Å². The second-order valence-corrected chi connectivity index (χ2v) is 8.68. The first-order valence-corrected chi connectivity index (χ1v) is 11.1. The minimum atomic E-state index is 0.127. The van der Waals surface area contributed by atoms with Gasteiger partial charge in [0.15, 0.2) is 10.9 Å². The highest BCUT2D eigenvalue weighted by Gasteiger charge is 2.25. The molecule has 0 unspecified atom stereocenters. The van der Waals surface area contributed by atoms with Gasteiger partial charge >= 0.3 is 0 Å². The zero-order valence-electron chi connectivity index (χ0n) is 16.7. The van der Waals surface area contributed by atoms with Crippen molar-refractivity contribution in [3.63, 3.8) is 0 Å². The second-order valence-electron chi connectivity index (χ2n) is 7.73. The number of carbonyl (C=O) groups excluding carboxylic acids is 1. The minimum Gasteiger partial charge on any atom is -0.376 e. The number of aryl methyl sites for hydroxylation is 2. The monoisotopic (exact) mass is 400 g/mol. The van der Waals surface area contributed by atoms with Gasteiger partial charge in [0.1, 0.15) is 0 Å². The van der Waals surface area contributed by atoms with Crippen LogP contribution in [0, 0.1) is 13.8 Å². The normalized spacial score (nSPS) is 19.5. The van der Waals surface area contributed by atoms with Crippen LogP contribution in [0.3, 0.4) is 0 Å². The zero-order valence-corrected chi connectivity index (χ0v) is 17.5. The molecular weight excluding hydrogens is 372 g/mol. The Morgan fingerprint density at radius 1 is 1.18 bits per heavy atom. The van der Waals surface area contributed by atoms with Crippen molar-refractivity contribution in [1.29, 1.82) is 0 Å². The van der Waals surface area contributed by atoms with Crippen molar-refractivity contribution >= 4 is 23.5 Å². The summed E-state index contributed by atoms with van der Waals surface area (Å²) in [5.74, 6) is 1.42. The first kappa shape index (κ1) is 19.5. The summed E-state index contributed by atoms with van der Waals surface area (Å²) in [4.78, 5) is 15.0. The first-order valence-electron chi connectivity index (χ1n) is 10.1. The zero-order chi connectivity index (χ0) is 19.5. The van der Waals surface area contributed by atoms with Crippen molar-refractivity contribution in [3.8, 4) is 0 Å². The van der Waals surface area contributed by atoms with Crippen molar-refractivity contribution in [2.75, 3.05) is 30.3 Å². The molecule has 2 aliphatic rings. The highest BCUT2D eigenvalue weighted by molar-refractivity contribution is 7.99. The van der Waals surface area contributed by atoms with Gasteiger partial charge in [0.2, 0.25) is 5.95 Å². The number of hydrogen-bond donors (Lipinski definition) is 0. The Kier molecular flexibility index (Phi) is 6.01. The van der Waals surface area contributed by atoms with E-state index in [1.54, 1.807) is 0 Å². The van der Waals surface area contributed by atoms with Gasteiger partial charge in [-0.1, -0.05) is 23.9 Å². The molecule has 0 N–H and O–H groups in total. The van der Waals surface area contributed by atoms with Gasteiger partial charge in [-0.3, -0.25) is 9.36 Å². The number of anilines is 1. The molecule has 0 radical (unpaired) electrons. The molecular formula is C21H28N4O2S. The van der Waals surface area contributed by atoms with Crippen LogP contribution in [-0.2, 0) is 11.3 Å². The Morgan fingerprint density at radius 2 is 2.00 bits per heavy atom. The van der Waals surface area contributed by atoms with Gasteiger partial charge in [-0.25, -0.2) is 0 Å². The van der Waals surface area contributed by atoms with Crippen molar-refractivity contribution in [1.82, 2.24) is 14.8 Å². The van der Waals surface area contributed by atoms with Gasteiger partial charge in [-0.15, -0.1) is 10.2 Å². The topological polar surface area (TPSA) is 60.2 Å². The van der Waals surface area contributed by atoms with Gasteiger partial charge in [-0.05, 0) is 56.7 Å². The molecule has 2 fully saturated rings. The molecule has 0 amide bonds. The number of carbonyl (C=O) groups is 1. The molecule has 0 aliphatic carbocycles. The molecule has 1 aromatic heterocycles. The molecule has 3 heterocycles. The predicted molar refractivity (Wildman–Crippen MR) is 111 cm³/mol. The van der Waals surface area contributed by atoms with E-state index in [0.29, 0.717) is 5.75 Å². The number of thioether (sulfide) groups is 1. The second kappa shape index (κ2) is 8.66. The van der Waals surface area contributed by atoms with Crippen molar-refractivity contribution in [2.24, 2.45) is 0 Å². The Labute approximate surface area is 170 Å². The van der Waals surface area contributed by atoms with Crippen molar-refractivity contribution in [3.05, 3.63) is 34.9 Å². The predicted octanol–water partition coefficient (Wildman–Crippen LogP) is 3.65. The minimum absolute atomic E-state index is 0.127. The lowest BCUT2D eigenvalue weighted by Crippen LogP contribution is -2.25. The molecule has 0 bridgehead atoms. The number of rotatable bonds is 7. The van der Waals surface area contributed by atoms with E-state index in [1.165, 1.54) is 30.2 Å². The smallest absolute Gasteiger partial charge is 0.228 e. The van der Waals surface area contributed by atoms with E-state index < -0.39 is 0 Å². The van der Waals surface area contributed by atoms with Gasteiger partial charge in [-0.2, -0.15) is 0 Å². The lowest BCUT2D eigenvalue weighted by molar-refractivity contribution is 0.0952. The molecule has 150 valence electrons. The number of hydrogen-bond acceptors (Lipinski definition) is 6. The fourth-order valence-corrected chi connectivity index (χ4v) is 4.66. The number of aromatic nitrogens is 3. The average Bonchev–Trinajstić information content (AvgIpc) is 3.44. The van der Waals surface area contributed by atoms with Crippen LogP contribution in [0.5, 0.6) is 0 Å². The fourth-order valence-electron chi connectivity index (χ4n) is 3.82. The number of benzene rings is 1. The van der Waals surface area contributed by atoms with E-state index in [-0.39, 0.29) is 11.9 Å². The molecule has 2 aromatic rings. The molecule has 4 rings (SSSR count). The average molecular weight is 401 g/mol. The van der Waals surface area contributed by atoms with Gasteiger partial charge in [0.25, 0.3) is 0 Å². The van der Waals surface area contributed by atoms with Gasteiger partial charge in [0.05, 0.1) is 18.4 Å². The van der Waals surface area contributed by atoms with Crippen LogP contribution in [0.2, 0.25) is 0 Å². The Bertz CT molecular complexity index is 839. The van der Waals surface area contributed by atoms with Crippen molar-refractivity contribution in [2.45, 2.75) is 57.3 Å². The maximum Gasteiger partial charge on any atom is 0.228 e. The molecule has 1 atom stereocenters. The van der Waals surface area contributed by atoms with E-state index >= 15 is 0 Å². The molecule has 2 saturated heterocycles. The van der Waals surface area contributed by atoms with E-state index in [9.17, 15) is 4.79 Å². The van der Waals surface area contributed by atoms with Crippen LogP contribution >= 0.6 is 11.8 Å². The summed E-state index contributed by atoms with van der Waals surface area (Å²) >= 11 is 1.48. The highest BCUT2D eigenvalue weighted by Crippen LogP contribution is 2.27. The van der Waals surface area contributed by atoms with E-state index in [1.807, 2.05) is 25.1 Å². The Morgan fingerprint density at radius 3 is 2.71 bits per heavy atom. The largest absolute Gasteiger partial charge is 0.376 e. The number of Topliss-reactive ketones (excluding diaryl/α,β-unsaturated/α-hetero) is 1. The number of nitrogens with zero attached hydrogens (tertiary/aromatic N) is 4. The molecule has 6 nitrogen and oxygen atoms in total. The summed E-state index contributed by atoms with van der Waals surface area (Å²) in [7, 11) is 0. The molecule has 2 aliphatic heterocycles. The standard InChI is InChI=1S/C21H28N4O2S/c1-15-7-8-17(12-16(15)2)19(26)14-28-21-23-22-20(24-9-3-4-10-24)25(21)13-18-6-5-11-27-18/h7-8,12,18H,3-6,9-11,13-14H2,1-2H3/t18-/m0/s1. The number of ether oxygens (including phenoxy) is 1. The third-order valence-electron chi connectivity index (χ3n) is 5.66. The third kappa shape index (κ3) is 4.25. The highest BCUT2D eigenvalue weighted by atomic mass is 32.2. The molecule has 28 heavy (non-hydrogen) atoms. The van der Waals surface area contributed by atoms with E-state index in [0.717, 1.165) is 61.3 Å². The lowest BCUT2D eigenvalue weighted by atomic mass is 10.0. The summed E-state index contributed by atoms with van der Waals surface area (Å²) in [6.45, 7) is 7.75. The first-order chi connectivity index (χ1) is 13.6. The van der Waals surface area contributed by atoms with E-state index in [4.69, 9.17) is 4.74 Å². The van der Waals surface area contributed by atoms with Gasteiger partial charge < -0.3 is 9.64 Å². The van der Waals surface area contributed by atoms with Crippen LogP contribution in [0.15, 0.2) is 23.4 Å². The SMILES string of the molecule is Cc1ccc(C(=O)CSc2nnc(N3CCCC3)n2C[C@@H]2CCCO2)cc1C. The van der Waals surface area contributed by atoms with Crippen LogP contribution in [0.4, 0.5) is 5.95 Å². The van der Waals surface area contributed by atoms with Crippen LogP contribution in [0.1, 0.15) is 47.2 Å². The summed E-state index contributed by atoms with van der Waals surface area (Å²) in [5.41, 5.74) is 3.12. The van der Waals surface area contributed by atoms with Gasteiger partial charge in [0, 0.05) is 25.3 Å². The fraction of sp³-hybridized carbons (Fsp3) is 0.571. The van der Waals surface area contributed by atoms with Crippen LogP contribution in [0.25, 0.3) is 0 Å². The van der Waals surface area contributed by atoms with Crippen LogP contribution in [-0.4, -0.2) is 52.1 Å². The molecule has 0 saturated carbocycles. The number of ketones is 1. The molecule has 1 aromatic carbocycles. The lowest BCUT2D eigenvalue weighted by Gasteiger charge is -2.20. The maximum atomic E-state index is 12.7. The van der Waals surface area contributed by atoms with Crippen LogP contribution < -0.4 is 4.90 Å². The molecule has 0 spiro atoms. The Hall–Kier alpha value is -1.86. The quantitative estimate of drug-likeness (QED) is 0.522. The van der Waals surface area contributed by atoms with Crippen molar-refractivity contribution < 1.29 is 9.53 Å². The Balaban J connectivity index is 1.49. The summed E-state index contributed by atoms with van der Waals surface area (Å²) < 4.78 is 8.01. The molecule has 7 heteroatoms. The maximum absolute atomic E-state index is 12.7. The third-order valence-corrected chi connectivity index (χ3v) is 6.62. The summed E-state index contributed by atoms with van der Waals surface area (Å²) in [6.07, 6.45) is 4.79.